The van der Waals surface area contributed by atoms with Crippen LogP contribution in [0.5, 0.6) is 0 Å². The van der Waals surface area contributed by atoms with Crippen LogP contribution in [0.15, 0.2) is 77.7 Å². The summed E-state index contributed by atoms with van der Waals surface area (Å²) in [7, 11) is -4.24. The van der Waals surface area contributed by atoms with Crippen LogP contribution in [-0.2, 0) is 32.6 Å². The van der Waals surface area contributed by atoms with Crippen molar-refractivity contribution in [3.05, 3.63) is 99.5 Å². The zero-order valence-corrected chi connectivity index (χ0v) is 23.5. The highest BCUT2D eigenvalue weighted by atomic mass is 35.5. The van der Waals surface area contributed by atoms with Gasteiger partial charge in [-0.1, -0.05) is 78.7 Å². The van der Waals surface area contributed by atoms with Crippen LogP contribution in [0.3, 0.4) is 0 Å². The highest BCUT2D eigenvalue weighted by Crippen LogP contribution is 2.30. The molecule has 1 aliphatic heterocycles. The summed E-state index contributed by atoms with van der Waals surface area (Å²) in [5.74, 6) is -1.92. The van der Waals surface area contributed by atoms with Crippen molar-refractivity contribution in [1.82, 2.24) is 14.5 Å². The van der Waals surface area contributed by atoms with Gasteiger partial charge in [-0.2, -0.15) is 0 Å². The first-order chi connectivity index (χ1) is 18.6. The molecule has 204 valence electrons. The lowest BCUT2D eigenvalue weighted by Crippen LogP contribution is -2.53. The van der Waals surface area contributed by atoms with Gasteiger partial charge in [0, 0.05) is 29.6 Å². The lowest BCUT2D eigenvalue weighted by Gasteiger charge is -2.32. The summed E-state index contributed by atoms with van der Waals surface area (Å²) in [4.78, 5) is 41.5. The largest absolute Gasteiger partial charge is 0.354 e. The smallest absolute Gasteiger partial charge is 0.269 e. The van der Waals surface area contributed by atoms with Gasteiger partial charge in [-0.15, -0.1) is 0 Å². The summed E-state index contributed by atoms with van der Waals surface area (Å²) < 4.78 is 26.9. The first-order valence-electron chi connectivity index (χ1n) is 12.3. The van der Waals surface area contributed by atoms with Crippen LogP contribution in [0.2, 0.25) is 10.0 Å². The third-order valence-electron chi connectivity index (χ3n) is 6.37. The Morgan fingerprint density at radius 3 is 2.36 bits per heavy atom. The van der Waals surface area contributed by atoms with Crippen molar-refractivity contribution in [3.8, 4) is 0 Å². The van der Waals surface area contributed by atoms with Crippen molar-refractivity contribution < 1.29 is 22.8 Å². The second-order valence-electron chi connectivity index (χ2n) is 9.07. The van der Waals surface area contributed by atoms with Gasteiger partial charge in [0.1, 0.15) is 17.5 Å². The van der Waals surface area contributed by atoms with E-state index in [9.17, 15) is 22.8 Å². The number of nitrogens with zero attached hydrogens (tertiary/aromatic N) is 2. The Bertz CT molecular complexity index is 1500. The highest BCUT2D eigenvalue weighted by molar-refractivity contribution is 7.90. The topological polar surface area (TPSA) is 104 Å². The number of sulfonamides is 1. The molecule has 3 aromatic rings. The Labute approximate surface area is 237 Å². The standard InChI is InChI=1S/C28H27Cl2N3O5S/c1-2-14-31-27(35)24(15-19-8-4-3-5-9-19)32(17-20-12-13-21(29)16-23(20)30)26(34)18-33-28(36)22-10-6-7-11-25(22)39(33,37)38/h3-13,16,24H,2,14-15,17-18H2,1H3,(H,31,35)/t24-/m0/s1. The number of rotatable bonds is 10. The second kappa shape index (κ2) is 12.2. The molecule has 0 saturated carbocycles. The third-order valence-corrected chi connectivity index (χ3v) is 8.74. The van der Waals surface area contributed by atoms with E-state index in [0.29, 0.717) is 27.9 Å². The molecule has 4 rings (SSSR count). The van der Waals surface area contributed by atoms with Crippen molar-refractivity contribution in [3.63, 3.8) is 0 Å². The number of fused-ring (bicyclic) bond motifs is 1. The van der Waals surface area contributed by atoms with E-state index in [1.165, 1.54) is 29.2 Å². The van der Waals surface area contributed by atoms with E-state index in [4.69, 9.17) is 23.2 Å². The van der Waals surface area contributed by atoms with E-state index in [-0.39, 0.29) is 28.4 Å². The highest BCUT2D eigenvalue weighted by Gasteiger charge is 2.43. The average Bonchev–Trinajstić information content (AvgIpc) is 3.11. The minimum absolute atomic E-state index is 0.000815. The number of carbonyl (C=O) groups is 3. The normalized spacial score (nSPS) is 14.5. The lowest BCUT2D eigenvalue weighted by molar-refractivity contribution is -0.141. The van der Waals surface area contributed by atoms with Crippen LogP contribution in [0.1, 0.15) is 34.8 Å². The minimum Gasteiger partial charge on any atom is -0.354 e. The number of hydrogen-bond donors (Lipinski definition) is 1. The molecule has 0 aromatic heterocycles. The first-order valence-corrected chi connectivity index (χ1v) is 14.5. The number of amides is 3. The molecule has 11 heteroatoms. The quantitative estimate of drug-likeness (QED) is 0.381. The van der Waals surface area contributed by atoms with E-state index in [2.05, 4.69) is 5.32 Å². The van der Waals surface area contributed by atoms with Crippen LogP contribution in [0.25, 0.3) is 0 Å². The zero-order valence-electron chi connectivity index (χ0n) is 21.1. The van der Waals surface area contributed by atoms with Gasteiger partial charge < -0.3 is 10.2 Å². The number of halogens is 2. The fourth-order valence-corrected chi connectivity index (χ4v) is 6.34. The predicted molar refractivity (Wildman–Crippen MR) is 149 cm³/mol. The SMILES string of the molecule is CCCNC(=O)[C@H](Cc1ccccc1)N(Cc1ccc(Cl)cc1Cl)C(=O)CN1C(=O)c2ccccc2S1(=O)=O. The van der Waals surface area contributed by atoms with Gasteiger partial charge >= 0.3 is 0 Å². The first kappa shape index (κ1) is 28.6. The fourth-order valence-electron chi connectivity index (χ4n) is 4.35. The predicted octanol–water partition coefficient (Wildman–Crippen LogP) is 4.30. The molecular weight excluding hydrogens is 561 g/mol. The number of hydrogen-bond acceptors (Lipinski definition) is 5. The summed E-state index contributed by atoms with van der Waals surface area (Å²) in [5, 5.41) is 3.52. The molecule has 39 heavy (non-hydrogen) atoms. The summed E-state index contributed by atoms with van der Waals surface area (Å²) in [6.07, 6.45) is 0.841. The molecule has 1 atom stereocenters. The average molecular weight is 589 g/mol. The second-order valence-corrected chi connectivity index (χ2v) is 11.7. The molecular formula is C28H27Cl2N3O5S. The van der Waals surface area contributed by atoms with Crippen molar-refractivity contribution in [2.75, 3.05) is 13.1 Å². The molecule has 1 aliphatic rings. The molecule has 0 saturated heterocycles. The van der Waals surface area contributed by atoms with E-state index in [0.717, 1.165) is 5.56 Å². The molecule has 3 aromatic carbocycles. The molecule has 0 radical (unpaired) electrons. The van der Waals surface area contributed by atoms with Gasteiger partial charge in [0.2, 0.25) is 11.8 Å². The van der Waals surface area contributed by atoms with E-state index < -0.39 is 40.3 Å². The Balaban J connectivity index is 1.73. The summed E-state index contributed by atoms with van der Waals surface area (Å²) in [6, 6.07) is 18.7. The van der Waals surface area contributed by atoms with E-state index in [1.807, 2.05) is 37.3 Å². The number of nitrogens with one attached hydrogen (secondary N) is 1. The van der Waals surface area contributed by atoms with Crippen molar-refractivity contribution in [2.45, 2.75) is 37.2 Å². The maximum absolute atomic E-state index is 13.9. The van der Waals surface area contributed by atoms with Gasteiger partial charge in [0.05, 0.1) is 5.56 Å². The molecule has 0 aliphatic carbocycles. The van der Waals surface area contributed by atoms with Gasteiger partial charge in [-0.25, -0.2) is 12.7 Å². The zero-order chi connectivity index (χ0) is 28.2. The molecule has 0 fully saturated rings. The molecule has 0 spiro atoms. The number of carbonyl (C=O) groups excluding carboxylic acids is 3. The maximum Gasteiger partial charge on any atom is 0.269 e. The minimum atomic E-state index is -4.24. The Morgan fingerprint density at radius 2 is 1.69 bits per heavy atom. The van der Waals surface area contributed by atoms with Gasteiger partial charge in [0.15, 0.2) is 0 Å². The van der Waals surface area contributed by atoms with Crippen molar-refractivity contribution >= 4 is 50.9 Å². The van der Waals surface area contributed by atoms with Gasteiger partial charge in [-0.05, 0) is 41.8 Å². The Kier molecular flexibility index (Phi) is 8.94. The van der Waals surface area contributed by atoms with E-state index in [1.54, 1.807) is 18.2 Å². The van der Waals surface area contributed by atoms with Crippen LogP contribution in [0.4, 0.5) is 0 Å². The molecule has 1 N–H and O–H groups in total. The van der Waals surface area contributed by atoms with Gasteiger partial charge in [-0.3, -0.25) is 14.4 Å². The van der Waals surface area contributed by atoms with Gasteiger partial charge in [0.25, 0.3) is 15.9 Å². The third kappa shape index (κ3) is 6.27. The van der Waals surface area contributed by atoms with Crippen LogP contribution < -0.4 is 5.32 Å². The molecule has 8 nitrogen and oxygen atoms in total. The van der Waals surface area contributed by atoms with Crippen LogP contribution >= 0.6 is 23.2 Å². The molecule has 3 amide bonds. The monoisotopic (exact) mass is 587 g/mol. The Morgan fingerprint density at radius 1 is 1.00 bits per heavy atom. The van der Waals surface area contributed by atoms with Crippen molar-refractivity contribution in [2.24, 2.45) is 0 Å². The molecule has 1 heterocycles. The molecule has 0 bridgehead atoms. The maximum atomic E-state index is 13.9. The van der Waals surface area contributed by atoms with Crippen LogP contribution in [0, 0.1) is 0 Å². The Hall–Kier alpha value is -3.40. The van der Waals surface area contributed by atoms with Crippen LogP contribution in [-0.4, -0.2) is 54.5 Å². The summed E-state index contributed by atoms with van der Waals surface area (Å²) >= 11 is 12.5. The van der Waals surface area contributed by atoms with E-state index >= 15 is 0 Å². The molecule has 0 unspecified atom stereocenters. The number of benzene rings is 3. The lowest BCUT2D eigenvalue weighted by atomic mass is 10.0. The summed E-state index contributed by atoms with van der Waals surface area (Å²) in [5.41, 5.74) is 1.31. The summed E-state index contributed by atoms with van der Waals surface area (Å²) in [6.45, 7) is 1.42. The van der Waals surface area contributed by atoms with Crippen molar-refractivity contribution in [1.29, 1.82) is 0 Å². The fraction of sp³-hybridized carbons (Fsp3) is 0.250.